The van der Waals surface area contributed by atoms with Crippen molar-refractivity contribution >= 4 is 5.91 Å². The fourth-order valence-corrected chi connectivity index (χ4v) is 2.30. The molecule has 0 saturated carbocycles. The highest BCUT2D eigenvalue weighted by molar-refractivity contribution is 5.80. The molecule has 0 N–H and O–H groups in total. The van der Waals surface area contributed by atoms with Gasteiger partial charge in [0.1, 0.15) is 5.75 Å². The maximum atomic E-state index is 12.3. The van der Waals surface area contributed by atoms with Gasteiger partial charge in [-0.2, -0.15) is 0 Å². The minimum Gasteiger partial charge on any atom is -0.481 e. The van der Waals surface area contributed by atoms with Crippen LogP contribution in [0.25, 0.3) is 0 Å². The van der Waals surface area contributed by atoms with E-state index in [-0.39, 0.29) is 5.91 Å². The molecule has 1 aromatic rings. The van der Waals surface area contributed by atoms with Crippen molar-refractivity contribution in [1.29, 1.82) is 0 Å². The van der Waals surface area contributed by atoms with Crippen LogP contribution in [0.2, 0.25) is 0 Å². The van der Waals surface area contributed by atoms with Crippen LogP contribution < -0.4 is 4.74 Å². The van der Waals surface area contributed by atoms with Crippen LogP contribution in [-0.2, 0) is 4.79 Å². The number of rotatable bonds is 3. The van der Waals surface area contributed by atoms with Gasteiger partial charge in [-0.1, -0.05) is 31.0 Å². The summed E-state index contributed by atoms with van der Waals surface area (Å²) in [7, 11) is 0. The first-order valence-electron chi connectivity index (χ1n) is 6.78. The molecule has 1 heterocycles. The highest BCUT2D eigenvalue weighted by Crippen LogP contribution is 2.15. The summed E-state index contributed by atoms with van der Waals surface area (Å²) in [5.41, 5.74) is 0. The van der Waals surface area contributed by atoms with E-state index < -0.39 is 6.10 Å². The number of hydrogen-bond donors (Lipinski definition) is 0. The predicted octanol–water partition coefficient (Wildman–Crippen LogP) is 2.86. The van der Waals surface area contributed by atoms with Gasteiger partial charge in [-0.15, -0.1) is 0 Å². The van der Waals surface area contributed by atoms with Crippen molar-refractivity contribution in [3.8, 4) is 5.75 Å². The Morgan fingerprint density at radius 1 is 1.11 bits per heavy atom. The Balaban J connectivity index is 1.91. The van der Waals surface area contributed by atoms with Gasteiger partial charge in [-0.3, -0.25) is 4.79 Å². The van der Waals surface area contributed by atoms with Gasteiger partial charge in [0.2, 0.25) is 0 Å². The molecule has 0 aromatic heterocycles. The smallest absolute Gasteiger partial charge is 0.263 e. The van der Waals surface area contributed by atoms with Crippen LogP contribution in [0, 0.1) is 0 Å². The van der Waals surface area contributed by atoms with Gasteiger partial charge in [-0.25, -0.2) is 0 Å². The van der Waals surface area contributed by atoms with E-state index in [4.69, 9.17) is 4.74 Å². The van der Waals surface area contributed by atoms with Crippen LogP contribution >= 0.6 is 0 Å². The Hall–Kier alpha value is -1.51. The molecule has 1 amide bonds. The van der Waals surface area contributed by atoms with Gasteiger partial charge in [0.25, 0.3) is 5.91 Å². The van der Waals surface area contributed by atoms with Crippen molar-refractivity contribution in [3.63, 3.8) is 0 Å². The number of hydrogen-bond acceptors (Lipinski definition) is 2. The summed E-state index contributed by atoms with van der Waals surface area (Å²) in [6.45, 7) is 3.59. The van der Waals surface area contributed by atoms with E-state index in [0.29, 0.717) is 0 Å². The highest BCUT2D eigenvalue weighted by Gasteiger charge is 2.22. The second kappa shape index (κ2) is 6.43. The molecule has 0 aliphatic carbocycles. The average Bonchev–Trinajstić information content (AvgIpc) is 2.68. The van der Waals surface area contributed by atoms with Gasteiger partial charge in [0.15, 0.2) is 6.10 Å². The van der Waals surface area contributed by atoms with Crippen LogP contribution in [-0.4, -0.2) is 30.0 Å². The van der Waals surface area contributed by atoms with Gasteiger partial charge in [-0.05, 0) is 31.9 Å². The second-order valence-electron chi connectivity index (χ2n) is 4.81. The summed E-state index contributed by atoms with van der Waals surface area (Å²) in [6, 6.07) is 9.53. The largest absolute Gasteiger partial charge is 0.481 e. The fraction of sp³-hybridized carbons (Fsp3) is 0.533. The summed E-state index contributed by atoms with van der Waals surface area (Å²) >= 11 is 0. The van der Waals surface area contributed by atoms with Crippen molar-refractivity contribution < 1.29 is 9.53 Å². The van der Waals surface area contributed by atoms with Crippen LogP contribution in [0.5, 0.6) is 5.75 Å². The van der Waals surface area contributed by atoms with E-state index in [2.05, 4.69) is 0 Å². The molecular weight excluding hydrogens is 226 g/mol. The Morgan fingerprint density at radius 2 is 1.72 bits per heavy atom. The van der Waals surface area contributed by atoms with E-state index in [1.54, 1.807) is 0 Å². The third-order valence-corrected chi connectivity index (χ3v) is 3.32. The van der Waals surface area contributed by atoms with Gasteiger partial charge in [0.05, 0.1) is 0 Å². The molecule has 1 saturated heterocycles. The molecule has 1 aliphatic rings. The summed E-state index contributed by atoms with van der Waals surface area (Å²) < 4.78 is 5.68. The Morgan fingerprint density at radius 3 is 2.33 bits per heavy atom. The third-order valence-electron chi connectivity index (χ3n) is 3.32. The molecule has 1 aromatic carbocycles. The first-order chi connectivity index (χ1) is 8.77. The molecule has 0 spiro atoms. The zero-order valence-corrected chi connectivity index (χ0v) is 11.0. The van der Waals surface area contributed by atoms with Gasteiger partial charge >= 0.3 is 0 Å². The first-order valence-corrected chi connectivity index (χ1v) is 6.78. The molecule has 0 unspecified atom stereocenters. The topological polar surface area (TPSA) is 29.5 Å². The molecule has 1 aliphatic heterocycles. The first kappa shape index (κ1) is 12.9. The SMILES string of the molecule is C[C@H](Oc1ccccc1)C(=O)N1CCCCCC1. The fourth-order valence-electron chi connectivity index (χ4n) is 2.30. The number of ether oxygens (including phenoxy) is 1. The minimum absolute atomic E-state index is 0.112. The number of carbonyl (C=O) groups excluding carboxylic acids is 1. The normalized spacial score (nSPS) is 17.9. The van der Waals surface area contributed by atoms with Crippen LogP contribution in [0.4, 0.5) is 0 Å². The molecular formula is C15H21NO2. The number of nitrogens with zero attached hydrogens (tertiary/aromatic N) is 1. The summed E-state index contributed by atoms with van der Waals surface area (Å²) in [6.07, 6.45) is 4.30. The monoisotopic (exact) mass is 247 g/mol. The Labute approximate surface area is 109 Å². The van der Waals surface area contributed by atoms with Crippen molar-refractivity contribution in [3.05, 3.63) is 30.3 Å². The van der Waals surface area contributed by atoms with Crippen molar-refractivity contribution in [2.24, 2.45) is 0 Å². The van der Waals surface area contributed by atoms with Crippen LogP contribution in [0.15, 0.2) is 30.3 Å². The molecule has 3 heteroatoms. The molecule has 3 nitrogen and oxygen atoms in total. The lowest BCUT2D eigenvalue weighted by molar-refractivity contribution is -0.137. The number of carbonyl (C=O) groups is 1. The number of likely N-dealkylation sites (tertiary alicyclic amines) is 1. The summed E-state index contributed by atoms with van der Waals surface area (Å²) in [4.78, 5) is 14.2. The lowest BCUT2D eigenvalue weighted by Crippen LogP contribution is -2.40. The lowest BCUT2D eigenvalue weighted by atomic mass is 10.2. The lowest BCUT2D eigenvalue weighted by Gasteiger charge is -2.24. The highest BCUT2D eigenvalue weighted by atomic mass is 16.5. The quantitative estimate of drug-likeness (QED) is 0.822. The standard InChI is InChI=1S/C15H21NO2/c1-13(18-14-9-5-4-6-10-14)15(17)16-11-7-2-3-8-12-16/h4-6,9-10,13H,2-3,7-8,11-12H2,1H3/t13-/m0/s1. The number of para-hydroxylation sites is 1. The molecule has 1 atom stereocenters. The van der Waals surface area contributed by atoms with Crippen molar-refractivity contribution in [2.45, 2.75) is 38.7 Å². The van der Waals surface area contributed by atoms with E-state index in [1.807, 2.05) is 42.2 Å². The number of benzene rings is 1. The van der Waals surface area contributed by atoms with Crippen LogP contribution in [0.1, 0.15) is 32.6 Å². The molecule has 18 heavy (non-hydrogen) atoms. The molecule has 1 fully saturated rings. The number of amides is 1. The van der Waals surface area contributed by atoms with Gasteiger partial charge in [0, 0.05) is 13.1 Å². The van der Waals surface area contributed by atoms with E-state index in [0.717, 1.165) is 31.7 Å². The Bertz CT molecular complexity index is 369. The molecule has 0 radical (unpaired) electrons. The maximum absolute atomic E-state index is 12.3. The predicted molar refractivity (Wildman–Crippen MR) is 71.6 cm³/mol. The summed E-state index contributed by atoms with van der Waals surface area (Å²) in [5, 5.41) is 0. The molecule has 98 valence electrons. The third kappa shape index (κ3) is 3.49. The van der Waals surface area contributed by atoms with Crippen molar-refractivity contribution in [1.82, 2.24) is 4.90 Å². The average molecular weight is 247 g/mol. The summed E-state index contributed by atoms with van der Waals surface area (Å²) in [5.74, 6) is 0.869. The second-order valence-corrected chi connectivity index (χ2v) is 4.81. The van der Waals surface area contributed by atoms with E-state index >= 15 is 0 Å². The van der Waals surface area contributed by atoms with Crippen LogP contribution in [0.3, 0.4) is 0 Å². The minimum atomic E-state index is -0.398. The van der Waals surface area contributed by atoms with E-state index in [9.17, 15) is 4.79 Å². The van der Waals surface area contributed by atoms with Gasteiger partial charge < -0.3 is 9.64 Å². The maximum Gasteiger partial charge on any atom is 0.263 e. The van der Waals surface area contributed by atoms with E-state index in [1.165, 1.54) is 12.8 Å². The Kier molecular flexibility index (Phi) is 4.62. The molecule has 2 rings (SSSR count). The van der Waals surface area contributed by atoms with Crippen molar-refractivity contribution in [2.75, 3.05) is 13.1 Å². The molecule has 0 bridgehead atoms. The zero-order valence-electron chi connectivity index (χ0n) is 11.0. The zero-order chi connectivity index (χ0) is 12.8.